The van der Waals surface area contributed by atoms with Crippen LogP contribution in [0.1, 0.15) is 11.1 Å². The minimum Gasteiger partial charge on any atom is -0.325 e. The van der Waals surface area contributed by atoms with Crippen molar-refractivity contribution in [1.29, 1.82) is 0 Å². The Kier molecular flexibility index (Phi) is 5.56. The number of carbonyl (C=O) groups is 1. The van der Waals surface area contributed by atoms with Crippen LogP contribution in [0, 0.1) is 24.0 Å². The Morgan fingerprint density at radius 1 is 1.22 bits per heavy atom. The van der Waals surface area contributed by atoms with Crippen LogP contribution in [0.5, 0.6) is 0 Å². The quantitative estimate of drug-likeness (QED) is 0.393. The first kappa shape index (κ1) is 18.7. The highest BCUT2D eigenvalue weighted by Crippen LogP contribution is 2.23. The number of hydrogen-bond donors (Lipinski definition) is 1. The Balaban J connectivity index is 1.67. The molecular formula is C19H18N4O3S. The molecule has 0 atom stereocenters. The number of anilines is 1. The van der Waals surface area contributed by atoms with E-state index in [-0.39, 0.29) is 17.3 Å². The number of aromatic nitrogens is 2. The average molecular weight is 382 g/mol. The minimum atomic E-state index is -0.440. The average Bonchev–Trinajstić information content (AvgIpc) is 3.12. The molecule has 1 N–H and O–H groups in total. The van der Waals surface area contributed by atoms with E-state index in [0.717, 1.165) is 22.5 Å². The van der Waals surface area contributed by atoms with E-state index in [0.29, 0.717) is 5.16 Å². The lowest BCUT2D eigenvalue weighted by molar-refractivity contribution is -0.384. The summed E-state index contributed by atoms with van der Waals surface area (Å²) < 4.78 is 1.79. The summed E-state index contributed by atoms with van der Waals surface area (Å²) in [6.07, 6.45) is 3.39. The summed E-state index contributed by atoms with van der Waals surface area (Å²) in [5.41, 5.74) is 3.74. The number of nitro groups is 1. The lowest BCUT2D eigenvalue weighted by Crippen LogP contribution is -2.15. The number of nitro benzene ring substituents is 1. The number of aryl methyl sites for hydroxylation is 1. The molecule has 8 heteroatoms. The first-order valence-electron chi connectivity index (χ1n) is 8.23. The zero-order valence-corrected chi connectivity index (χ0v) is 15.7. The predicted molar refractivity (Wildman–Crippen MR) is 105 cm³/mol. The third kappa shape index (κ3) is 4.35. The van der Waals surface area contributed by atoms with Crippen molar-refractivity contribution in [2.24, 2.45) is 0 Å². The third-order valence-corrected chi connectivity index (χ3v) is 5.12. The number of carbonyl (C=O) groups excluding carboxylic acids is 1. The molecule has 27 heavy (non-hydrogen) atoms. The van der Waals surface area contributed by atoms with Crippen LogP contribution in [0.4, 0.5) is 11.4 Å². The van der Waals surface area contributed by atoms with Gasteiger partial charge in [0.05, 0.1) is 10.7 Å². The van der Waals surface area contributed by atoms with Gasteiger partial charge in [-0.2, -0.15) is 0 Å². The normalized spacial score (nSPS) is 10.6. The van der Waals surface area contributed by atoms with Crippen LogP contribution in [0.3, 0.4) is 0 Å². The molecule has 1 heterocycles. The molecule has 1 amide bonds. The third-order valence-electron chi connectivity index (χ3n) is 4.16. The number of thioether (sulfide) groups is 1. The fourth-order valence-electron chi connectivity index (χ4n) is 2.53. The number of non-ortho nitro benzene ring substituents is 1. The molecule has 0 spiro atoms. The topological polar surface area (TPSA) is 90.1 Å². The molecule has 0 radical (unpaired) electrons. The summed E-state index contributed by atoms with van der Waals surface area (Å²) in [6.45, 7) is 3.97. The van der Waals surface area contributed by atoms with E-state index in [1.165, 1.54) is 23.9 Å². The smallest absolute Gasteiger partial charge is 0.269 e. The van der Waals surface area contributed by atoms with Gasteiger partial charge < -0.3 is 5.32 Å². The van der Waals surface area contributed by atoms with E-state index in [1.54, 1.807) is 29.1 Å². The van der Waals surface area contributed by atoms with Gasteiger partial charge >= 0.3 is 0 Å². The van der Waals surface area contributed by atoms with Crippen molar-refractivity contribution < 1.29 is 9.72 Å². The molecule has 138 valence electrons. The van der Waals surface area contributed by atoms with Crippen molar-refractivity contribution >= 4 is 29.0 Å². The first-order chi connectivity index (χ1) is 13.0. The number of rotatable bonds is 6. The van der Waals surface area contributed by atoms with Crippen LogP contribution in [0.2, 0.25) is 0 Å². The Bertz CT molecular complexity index is 983. The van der Waals surface area contributed by atoms with E-state index in [2.05, 4.69) is 10.3 Å². The van der Waals surface area contributed by atoms with Crippen LogP contribution in [-0.2, 0) is 4.79 Å². The van der Waals surface area contributed by atoms with Crippen molar-refractivity contribution in [3.05, 3.63) is 76.1 Å². The molecule has 1 aromatic heterocycles. The maximum atomic E-state index is 12.3. The Morgan fingerprint density at radius 3 is 2.67 bits per heavy atom. The molecular weight excluding hydrogens is 364 g/mol. The zero-order chi connectivity index (χ0) is 19.4. The summed E-state index contributed by atoms with van der Waals surface area (Å²) >= 11 is 1.30. The second-order valence-corrected chi connectivity index (χ2v) is 6.88. The van der Waals surface area contributed by atoms with E-state index >= 15 is 0 Å². The molecule has 0 aliphatic heterocycles. The molecule has 2 aromatic carbocycles. The lowest BCUT2D eigenvalue weighted by atomic mass is 10.1. The van der Waals surface area contributed by atoms with Crippen LogP contribution in [0.15, 0.2) is 60.0 Å². The summed E-state index contributed by atoms with van der Waals surface area (Å²) in [5, 5.41) is 14.3. The van der Waals surface area contributed by atoms with Crippen LogP contribution in [0.25, 0.3) is 5.69 Å². The largest absolute Gasteiger partial charge is 0.325 e. The number of benzene rings is 2. The maximum absolute atomic E-state index is 12.3. The van der Waals surface area contributed by atoms with E-state index in [1.807, 2.05) is 32.0 Å². The van der Waals surface area contributed by atoms with Crippen molar-refractivity contribution in [2.45, 2.75) is 19.0 Å². The fraction of sp³-hybridized carbons (Fsp3) is 0.158. The summed E-state index contributed by atoms with van der Waals surface area (Å²) in [6, 6.07) is 12.0. The monoisotopic (exact) mass is 382 g/mol. The van der Waals surface area contributed by atoms with Gasteiger partial charge in [-0.3, -0.25) is 19.5 Å². The Labute approximate surface area is 160 Å². The first-order valence-corrected chi connectivity index (χ1v) is 9.21. The number of imidazole rings is 1. The van der Waals surface area contributed by atoms with Gasteiger partial charge in [-0.1, -0.05) is 23.9 Å². The molecule has 3 aromatic rings. The summed E-state index contributed by atoms with van der Waals surface area (Å²) in [4.78, 5) is 26.9. The molecule has 0 unspecified atom stereocenters. The highest BCUT2D eigenvalue weighted by Gasteiger charge is 2.12. The number of amides is 1. The highest BCUT2D eigenvalue weighted by molar-refractivity contribution is 7.99. The molecule has 0 saturated carbocycles. The van der Waals surface area contributed by atoms with Gasteiger partial charge in [0.25, 0.3) is 5.69 Å². The Morgan fingerprint density at radius 2 is 1.96 bits per heavy atom. The van der Waals surface area contributed by atoms with Gasteiger partial charge in [0, 0.05) is 35.9 Å². The molecule has 0 aliphatic carbocycles. The van der Waals surface area contributed by atoms with Crippen molar-refractivity contribution in [3.8, 4) is 5.69 Å². The summed E-state index contributed by atoms with van der Waals surface area (Å²) in [7, 11) is 0. The van der Waals surface area contributed by atoms with Crippen molar-refractivity contribution in [2.75, 3.05) is 11.1 Å². The summed E-state index contributed by atoms with van der Waals surface area (Å²) in [5.74, 6) is 0.0872. The maximum Gasteiger partial charge on any atom is 0.269 e. The van der Waals surface area contributed by atoms with Gasteiger partial charge in [0.15, 0.2) is 5.16 Å². The van der Waals surface area contributed by atoms with Gasteiger partial charge in [-0.15, -0.1) is 0 Å². The van der Waals surface area contributed by atoms with E-state index < -0.39 is 4.92 Å². The highest BCUT2D eigenvalue weighted by atomic mass is 32.2. The standard InChI is InChI=1S/C19H18N4O3S/c1-13-4-3-5-17(14(13)2)21-18(24)12-27-19-20-10-11-22(19)15-6-8-16(9-7-15)23(25)26/h3-11H,12H2,1-2H3,(H,21,24). The number of hydrogen-bond acceptors (Lipinski definition) is 5. The van der Waals surface area contributed by atoms with Crippen LogP contribution >= 0.6 is 11.8 Å². The number of nitrogens with zero attached hydrogens (tertiary/aromatic N) is 3. The second-order valence-electron chi connectivity index (χ2n) is 5.94. The van der Waals surface area contributed by atoms with Gasteiger partial charge in [0.1, 0.15) is 0 Å². The minimum absolute atomic E-state index is 0.0287. The lowest BCUT2D eigenvalue weighted by Gasteiger charge is -2.11. The van der Waals surface area contributed by atoms with Gasteiger partial charge in [-0.05, 0) is 43.2 Å². The zero-order valence-electron chi connectivity index (χ0n) is 14.9. The number of nitrogens with one attached hydrogen (secondary N) is 1. The second kappa shape index (κ2) is 8.05. The van der Waals surface area contributed by atoms with Crippen LogP contribution in [-0.4, -0.2) is 26.1 Å². The Hall–Kier alpha value is -3.13. The molecule has 0 saturated heterocycles. The fourth-order valence-corrected chi connectivity index (χ4v) is 3.30. The predicted octanol–water partition coefficient (Wildman–Crippen LogP) is 4.13. The molecule has 7 nitrogen and oxygen atoms in total. The van der Waals surface area contributed by atoms with Gasteiger partial charge in [-0.25, -0.2) is 4.98 Å². The van der Waals surface area contributed by atoms with Crippen molar-refractivity contribution in [1.82, 2.24) is 9.55 Å². The molecule has 0 bridgehead atoms. The molecule has 3 rings (SSSR count). The van der Waals surface area contributed by atoms with E-state index in [4.69, 9.17) is 0 Å². The van der Waals surface area contributed by atoms with Crippen LogP contribution < -0.4 is 5.32 Å². The molecule has 0 aliphatic rings. The SMILES string of the molecule is Cc1cccc(NC(=O)CSc2nccn2-c2ccc([N+](=O)[O-])cc2)c1C. The van der Waals surface area contributed by atoms with E-state index in [9.17, 15) is 14.9 Å². The molecule has 0 fully saturated rings. The van der Waals surface area contributed by atoms with Gasteiger partial charge in [0.2, 0.25) is 5.91 Å². The van der Waals surface area contributed by atoms with Crippen molar-refractivity contribution in [3.63, 3.8) is 0 Å².